The standard InChI is InChI=1S/C20H17N2O3.BrH/c23-20(18-8-4-5-9-19(18)22(24)25)15-21-12-10-17(11-13-21)14-16-6-2-1-3-7-16;/h1-13H,14-15H2;1H/q+1;/p-1. The Bertz CT molecular complexity index is 896. The van der Waals surface area contributed by atoms with Gasteiger partial charge in [-0.2, -0.15) is 4.57 Å². The van der Waals surface area contributed by atoms with Gasteiger partial charge in [-0.25, -0.2) is 0 Å². The number of nitro benzene ring substituents is 1. The lowest BCUT2D eigenvalue weighted by atomic mass is 10.1. The Hall–Kier alpha value is -2.86. The van der Waals surface area contributed by atoms with Crippen LogP contribution in [0.4, 0.5) is 5.69 Å². The number of aromatic nitrogens is 1. The topological polar surface area (TPSA) is 64.1 Å². The van der Waals surface area contributed by atoms with Crippen molar-refractivity contribution >= 4 is 11.5 Å². The van der Waals surface area contributed by atoms with E-state index in [-0.39, 0.29) is 40.6 Å². The highest BCUT2D eigenvalue weighted by atomic mass is 79.9. The number of ketones is 1. The first kappa shape index (κ1) is 19.5. The fourth-order valence-corrected chi connectivity index (χ4v) is 2.66. The van der Waals surface area contributed by atoms with Gasteiger partial charge in [-0.3, -0.25) is 14.9 Å². The summed E-state index contributed by atoms with van der Waals surface area (Å²) in [5, 5.41) is 11.0. The molecule has 0 saturated carbocycles. The minimum absolute atomic E-state index is 0. The van der Waals surface area contributed by atoms with Crippen LogP contribution in [0.1, 0.15) is 21.5 Å². The molecule has 132 valence electrons. The van der Waals surface area contributed by atoms with Crippen molar-refractivity contribution in [3.05, 3.63) is 106 Å². The molecule has 0 saturated heterocycles. The fourth-order valence-electron chi connectivity index (χ4n) is 2.66. The molecule has 0 spiro atoms. The molecule has 0 aliphatic carbocycles. The second-order valence-corrected chi connectivity index (χ2v) is 5.74. The van der Waals surface area contributed by atoms with Crippen molar-refractivity contribution in [1.82, 2.24) is 0 Å². The molecule has 26 heavy (non-hydrogen) atoms. The van der Waals surface area contributed by atoms with Gasteiger partial charge in [0.2, 0.25) is 12.3 Å². The quantitative estimate of drug-likeness (QED) is 0.254. The largest absolute Gasteiger partial charge is 1.00 e. The first-order valence-corrected chi connectivity index (χ1v) is 7.92. The number of carbonyl (C=O) groups excluding carboxylic acids is 1. The van der Waals surface area contributed by atoms with Crippen LogP contribution in [0.3, 0.4) is 0 Å². The van der Waals surface area contributed by atoms with Crippen molar-refractivity contribution in [2.24, 2.45) is 0 Å². The van der Waals surface area contributed by atoms with Crippen LogP contribution in [-0.2, 0) is 13.0 Å². The summed E-state index contributed by atoms with van der Waals surface area (Å²) >= 11 is 0. The maximum absolute atomic E-state index is 12.4. The molecule has 0 fully saturated rings. The second-order valence-electron chi connectivity index (χ2n) is 5.74. The first-order valence-electron chi connectivity index (χ1n) is 7.92. The van der Waals surface area contributed by atoms with Crippen molar-refractivity contribution in [2.45, 2.75) is 13.0 Å². The molecule has 5 nitrogen and oxygen atoms in total. The normalized spacial score (nSPS) is 10.0. The Morgan fingerprint density at radius 2 is 1.46 bits per heavy atom. The molecular weight excluding hydrogens is 396 g/mol. The van der Waals surface area contributed by atoms with E-state index in [1.54, 1.807) is 16.7 Å². The highest BCUT2D eigenvalue weighted by Crippen LogP contribution is 2.18. The van der Waals surface area contributed by atoms with Crippen LogP contribution in [0.2, 0.25) is 0 Å². The van der Waals surface area contributed by atoms with Gasteiger partial charge in [-0.1, -0.05) is 42.5 Å². The van der Waals surface area contributed by atoms with Gasteiger partial charge in [0, 0.05) is 18.2 Å². The molecule has 0 unspecified atom stereocenters. The number of carbonyl (C=O) groups is 1. The molecule has 6 heteroatoms. The lowest BCUT2D eigenvalue weighted by molar-refractivity contribution is -0.683. The number of Topliss-reactive ketones (excluding diaryl/α,β-unsaturated/α-hetero) is 1. The summed E-state index contributed by atoms with van der Waals surface area (Å²) < 4.78 is 1.73. The van der Waals surface area contributed by atoms with Crippen LogP contribution in [0, 0.1) is 10.1 Å². The number of pyridine rings is 1. The smallest absolute Gasteiger partial charge is 0.280 e. The summed E-state index contributed by atoms with van der Waals surface area (Å²) in [5.41, 5.74) is 2.33. The van der Waals surface area contributed by atoms with Crippen LogP contribution < -0.4 is 21.5 Å². The summed E-state index contributed by atoms with van der Waals surface area (Å²) in [7, 11) is 0. The molecular formula is C20H17BrN2O3. The van der Waals surface area contributed by atoms with Crippen molar-refractivity contribution in [1.29, 1.82) is 0 Å². The summed E-state index contributed by atoms with van der Waals surface area (Å²) in [6.45, 7) is 0.0659. The van der Waals surface area contributed by atoms with Crippen LogP contribution >= 0.6 is 0 Å². The minimum atomic E-state index is -0.527. The predicted molar refractivity (Wildman–Crippen MR) is 93.3 cm³/mol. The van der Waals surface area contributed by atoms with Crippen LogP contribution in [0.15, 0.2) is 79.1 Å². The monoisotopic (exact) mass is 412 g/mol. The number of hydrogen-bond acceptors (Lipinski definition) is 3. The molecule has 3 aromatic rings. The fraction of sp³-hybridized carbons (Fsp3) is 0.100. The summed E-state index contributed by atoms with van der Waals surface area (Å²) in [4.78, 5) is 22.9. The number of para-hydroxylation sites is 1. The molecule has 1 aromatic heterocycles. The highest BCUT2D eigenvalue weighted by Gasteiger charge is 2.21. The maximum atomic E-state index is 12.4. The Morgan fingerprint density at radius 3 is 2.12 bits per heavy atom. The number of rotatable bonds is 6. The predicted octanol–water partition coefficient (Wildman–Crippen LogP) is 0.360. The molecule has 0 aliphatic heterocycles. The van der Waals surface area contributed by atoms with Crippen molar-refractivity contribution in [3.8, 4) is 0 Å². The zero-order valence-corrected chi connectivity index (χ0v) is 15.5. The summed E-state index contributed by atoms with van der Waals surface area (Å²) in [6, 6.07) is 20.1. The number of nitrogens with zero attached hydrogens (tertiary/aromatic N) is 2. The van der Waals surface area contributed by atoms with Gasteiger partial charge in [0.1, 0.15) is 5.56 Å². The number of benzene rings is 2. The number of halogens is 1. The Labute approximate surface area is 161 Å². The third-order valence-electron chi connectivity index (χ3n) is 3.94. The number of hydrogen-bond donors (Lipinski definition) is 0. The van der Waals surface area contributed by atoms with E-state index in [1.807, 2.05) is 42.7 Å². The second kappa shape index (κ2) is 9.01. The maximum Gasteiger partial charge on any atom is 0.280 e. The van der Waals surface area contributed by atoms with Gasteiger partial charge in [0.15, 0.2) is 12.4 Å². The lowest BCUT2D eigenvalue weighted by Gasteiger charge is -2.02. The van der Waals surface area contributed by atoms with E-state index >= 15 is 0 Å². The first-order chi connectivity index (χ1) is 12.1. The van der Waals surface area contributed by atoms with Crippen molar-refractivity contribution in [2.75, 3.05) is 0 Å². The molecule has 0 N–H and O–H groups in total. The van der Waals surface area contributed by atoms with E-state index in [0.717, 1.165) is 12.0 Å². The zero-order valence-electron chi connectivity index (χ0n) is 13.9. The van der Waals surface area contributed by atoms with E-state index in [0.29, 0.717) is 0 Å². The van der Waals surface area contributed by atoms with Gasteiger partial charge in [-0.15, -0.1) is 0 Å². The molecule has 0 amide bonds. The summed E-state index contributed by atoms with van der Waals surface area (Å²) in [5.74, 6) is -0.284. The summed E-state index contributed by atoms with van der Waals surface area (Å²) in [6.07, 6.45) is 4.47. The molecule has 0 atom stereocenters. The van der Waals surface area contributed by atoms with Gasteiger partial charge < -0.3 is 17.0 Å². The van der Waals surface area contributed by atoms with Crippen LogP contribution in [0.5, 0.6) is 0 Å². The van der Waals surface area contributed by atoms with Crippen molar-refractivity contribution in [3.63, 3.8) is 0 Å². The van der Waals surface area contributed by atoms with Gasteiger partial charge >= 0.3 is 0 Å². The lowest BCUT2D eigenvalue weighted by Crippen LogP contribution is -3.00. The zero-order chi connectivity index (χ0) is 17.6. The van der Waals surface area contributed by atoms with E-state index in [1.165, 1.54) is 17.7 Å². The highest BCUT2D eigenvalue weighted by molar-refractivity contribution is 5.98. The third-order valence-corrected chi connectivity index (χ3v) is 3.94. The van der Waals surface area contributed by atoms with Gasteiger partial charge in [0.05, 0.1) is 4.92 Å². The van der Waals surface area contributed by atoms with Crippen molar-refractivity contribution < 1.29 is 31.3 Å². The Balaban J connectivity index is 0.00000243. The average Bonchev–Trinajstić information content (AvgIpc) is 2.64. The van der Waals surface area contributed by atoms with E-state index in [4.69, 9.17) is 0 Å². The van der Waals surface area contributed by atoms with Gasteiger partial charge in [-0.05, 0) is 23.6 Å². The Kier molecular flexibility index (Phi) is 6.74. The van der Waals surface area contributed by atoms with Gasteiger partial charge in [0.25, 0.3) is 5.69 Å². The van der Waals surface area contributed by atoms with E-state index in [2.05, 4.69) is 12.1 Å². The van der Waals surface area contributed by atoms with E-state index in [9.17, 15) is 14.9 Å². The molecule has 3 rings (SSSR count). The average molecular weight is 413 g/mol. The van der Waals surface area contributed by atoms with Crippen LogP contribution in [-0.4, -0.2) is 10.7 Å². The van der Waals surface area contributed by atoms with Crippen LogP contribution in [0.25, 0.3) is 0 Å². The number of nitro groups is 1. The third kappa shape index (κ3) is 4.83. The SMILES string of the molecule is O=C(C[n+]1ccc(Cc2ccccc2)cc1)c1ccccc1[N+](=O)[O-].[Br-]. The molecule has 0 aliphatic rings. The molecule has 0 radical (unpaired) electrons. The molecule has 0 bridgehead atoms. The minimum Gasteiger partial charge on any atom is -1.00 e. The molecule has 1 heterocycles. The Morgan fingerprint density at radius 1 is 0.885 bits per heavy atom. The van der Waals surface area contributed by atoms with E-state index < -0.39 is 4.92 Å². The molecule has 2 aromatic carbocycles.